The molecule has 0 aliphatic carbocycles. The molecule has 0 spiro atoms. The summed E-state index contributed by atoms with van der Waals surface area (Å²) in [7, 11) is 2.79. The molecule has 0 aliphatic rings. The highest BCUT2D eigenvalue weighted by Gasteiger charge is 2.38. The predicted octanol–water partition coefficient (Wildman–Crippen LogP) is 1.19. The molecule has 10 heteroatoms. The van der Waals surface area contributed by atoms with E-state index in [1.165, 1.54) is 14.2 Å². The number of esters is 1. The fourth-order valence-electron chi connectivity index (χ4n) is 1.42. The van der Waals surface area contributed by atoms with Gasteiger partial charge in [0.25, 0.3) is 0 Å². The Kier molecular flexibility index (Phi) is 8.47. The molecule has 0 aliphatic heterocycles. The van der Waals surface area contributed by atoms with Crippen LogP contribution in [0.5, 0.6) is 5.75 Å². The van der Waals surface area contributed by atoms with E-state index in [1.807, 2.05) is 0 Å². The largest absolute Gasteiger partial charge is 0.496 e. The molecule has 3 N–H and O–H groups in total. The molecule has 0 saturated carbocycles. The van der Waals surface area contributed by atoms with E-state index >= 15 is 0 Å². The van der Waals surface area contributed by atoms with Crippen molar-refractivity contribution in [3.8, 4) is 5.75 Å². The fraction of sp³-hybridized carbons (Fsp3) is 0.357. The Bertz CT molecular complexity index is 601. The monoisotopic (exact) mass is 351 g/mol. The summed E-state index contributed by atoms with van der Waals surface area (Å²) < 4.78 is 41.5. The maximum Gasteiger partial charge on any atom is 0.490 e. The van der Waals surface area contributed by atoms with Crippen molar-refractivity contribution in [1.29, 1.82) is 0 Å². The third-order valence-corrected chi connectivity index (χ3v) is 2.57. The average molecular weight is 351 g/mol. The fourth-order valence-corrected chi connectivity index (χ4v) is 1.42. The molecule has 0 radical (unpaired) electrons. The number of carbonyl (C=O) groups is 3. The normalized spacial score (nSPS) is 10.2. The molecule has 0 bridgehead atoms. The lowest BCUT2D eigenvalue weighted by Gasteiger charge is -2.09. The van der Waals surface area contributed by atoms with Crippen molar-refractivity contribution in [2.75, 3.05) is 20.8 Å². The molecule has 0 aromatic heterocycles. The molecular weight excluding hydrogens is 335 g/mol. The van der Waals surface area contributed by atoms with Gasteiger partial charge >= 0.3 is 18.1 Å². The molecule has 1 aromatic rings. The van der Waals surface area contributed by atoms with E-state index in [-0.39, 0.29) is 18.7 Å². The van der Waals surface area contributed by atoms with E-state index in [1.54, 1.807) is 18.2 Å². The van der Waals surface area contributed by atoms with Crippen LogP contribution in [0, 0.1) is 0 Å². The van der Waals surface area contributed by atoms with E-state index < -0.39 is 18.1 Å². The molecule has 0 atom stereocenters. The first kappa shape index (κ1) is 21.4. The molecule has 0 unspecified atom stereocenters. The van der Waals surface area contributed by atoms with Gasteiger partial charge in [0.2, 0.25) is 0 Å². The lowest BCUT2D eigenvalue weighted by molar-refractivity contribution is -0.192. The van der Waals surface area contributed by atoms with Crippen LogP contribution in [0.15, 0.2) is 18.2 Å². The van der Waals surface area contributed by atoms with Gasteiger partial charge in [0.05, 0.1) is 26.3 Å². The number of carboxylic acid groups (broad SMARTS) is 1. The Morgan fingerprint density at radius 1 is 1.21 bits per heavy atom. The van der Waals surface area contributed by atoms with Crippen molar-refractivity contribution in [3.05, 3.63) is 29.3 Å². The zero-order chi connectivity index (χ0) is 18.9. The van der Waals surface area contributed by atoms with E-state index in [4.69, 9.17) is 20.4 Å². The van der Waals surface area contributed by atoms with Crippen molar-refractivity contribution in [2.45, 2.75) is 12.6 Å². The predicted molar refractivity (Wildman–Crippen MR) is 75.8 cm³/mol. The van der Waals surface area contributed by atoms with Crippen LogP contribution in [-0.4, -0.2) is 49.8 Å². The number of rotatable bonds is 5. The second-order valence-corrected chi connectivity index (χ2v) is 4.24. The van der Waals surface area contributed by atoms with Gasteiger partial charge in [-0.3, -0.25) is 4.79 Å². The van der Waals surface area contributed by atoms with Gasteiger partial charge in [-0.1, -0.05) is 6.07 Å². The Labute approximate surface area is 135 Å². The standard InChI is InChI=1S/C12H15NO4.C2HF3O2/c1-16-11-6-9(12(15)17-2)4-3-8(11)5-10(14)7-13;3-2(4,5)1(6)7/h3-4,6H,5,7,13H2,1-2H3;(H,6,7). The van der Waals surface area contributed by atoms with E-state index in [0.717, 1.165) is 0 Å². The SMILES string of the molecule is COC(=O)c1ccc(CC(=O)CN)c(OC)c1.O=C(O)C(F)(F)F. The topological polar surface area (TPSA) is 116 Å². The van der Waals surface area contributed by atoms with Gasteiger partial charge in [-0.25, -0.2) is 9.59 Å². The third kappa shape index (κ3) is 7.09. The number of carbonyl (C=O) groups excluding carboxylic acids is 2. The number of Topliss-reactive ketones (excluding diaryl/α,β-unsaturated/α-hetero) is 1. The van der Waals surface area contributed by atoms with Crippen molar-refractivity contribution in [2.24, 2.45) is 5.73 Å². The number of hydrogen-bond donors (Lipinski definition) is 2. The number of aliphatic carboxylic acids is 1. The van der Waals surface area contributed by atoms with Gasteiger partial charge in [-0.2, -0.15) is 13.2 Å². The van der Waals surface area contributed by atoms with Crippen molar-refractivity contribution >= 4 is 17.7 Å². The second kappa shape index (κ2) is 9.50. The summed E-state index contributed by atoms with van der Waals surface area (Å²) in [5.74, 6) is -2.81. The summed E-state index contributed by atoms with van der Waals surface area (Å²) in [5.41, 5.74) is 6.33. The summed E-state index contributed by atoms with van der Waals surface area (Å²) >= 11 is 0. The maximum absolute atomic E-state index is 11.3. The molecule has 7 nitrogen and oxygen atoms in total. The first-order chi connectivity index (χ1) is 11.1. The summed E-state index contributed by atoms with van der Waals surface area (Å²) in [6, 6.07) is 4.80. The number of alkyl halides is 3. The number of carboxylic acids is 1. The summed E-state index contributed by atoms with van der Waals surface area (Å²) in [4.78, 5) is 31.5. The Balaban J connectivity index is 0.000000640. The van der Waals surface area contributed by atoms with E-state index in [0.29, 0.717) is 16.9 Å². The van der Waals surface area contributed by atoms with Crippen LogP contribution in [0.1, 0.15) is 15.9 Å². The zero-order valence-corrected chi connectivity index (χ0v) is 12.8. The average Bonchev–Trinajstić information content (AvgIpc) is 2.53. The number of ketones is 1. The molecule has 0 heterocycles. The third-order valence-electron chi connectivity index (χ3n) is 2.57. The molecule has 24 heavy (non-hydrogen) atoms. The minimum Gasteiger partial charge on any atom is -0.496 e. The van der Waals surface area contributed by atoms with Crippen LogP contribution in [0.25, 0.3) is 0 Å². The number of ether oxygens (including phenoxy) is 2. The van der Waals surface area contributed by atoms with Crippen molar-refractivity contribution < 1.29 is 42.1 Å². The highest BCUT2D eigenvalue weighted by Crippen LogP contribution is 2.21. The van der Waals surface area contributed by atoms with E-state index in [9.17, 15) is 22.8 Å². The number of nitrogens with two attached hydrogens (primary N) is 1. The van der Waals surface area contributed by atoms with Gasteiger partial charge in [-0.05, 0) is 12.1 Å². The Morgan fingerprint density at radius 2 is 1.75 bits per heavy atom. The highest BCUT2D eigenvalue weighted by atomic mass is 19.4. The summed E-state index contributed by atoms with van der Waals surface area (Å²) in [5, 5.41) is 7.12. The van der Waals surface area contributed by atoms with Crippen molar-refractivity contribution in [1.82, 2.24) is 0 Å². The van der Waals surface area contributed by atoms with Gasteiger partial charge in [0.15, 0.2) is 5.78 Å². The van der Waals surface area contributed by atoms with Crippen LogP contribution in [-0.2, 0) is 20.7 Å². The molecule has 134 valence electrons. The zero-order valence-electron chi connectivity index (χ0n) is 12.8. The first-order valence-corrected chi connectivity index (χ1v) is 6.33. The van der Waals surface area contributed by atoms with Crippen LogP contribution in [0.4, 0.5) is 13.2 Å². The number of halogens is 3. The molecule has 0 saturated heterocycles. The van der Waals surface area contributed by atoms with Crippen LogP contribution in [0.2, 0.25) is 0 Å². The maximum atomic E-state index is 11.3. The van der Waals surface area contributed by atoms with Crippen LogP contribution in [0.3, 0.4) is 0 Å². The lowest BCUT2D eigenvalue weighted by atomic mass is 10.1. The molecule has 1 aromatic carbocycles. The molecular formula is C14H16F3NO6. The van der Waals surface area contributed by atoms with Gasteiger partial charge in [0.1, 0.15) is 5.75 Å². The summed E-state index contributed by atoms with van der Waals surface area (Å²) in [6.07, 6.45) is -4.89. The highest BCUT2D eigenvalue weighted by molar-refractivity contribution is 5.90. The number of benzene rings is 1. The Morgan fingerprint density at radius 3 is 2.12 bits per heavy atom. The Hall–Kier alpha value is -2.62. The minimum atomic E-state index is -5.08. The van der Waals surface area contributed by atoms with Gasteiger partial charge in [0, 0.05) is 12.0 Å². The van der Waals surface area contributed by atoms with Crippen LogP contribution < -0.4 is 10.5 Å². The molecule has 0 amide bonds. The van der Waals surface area contributed by atoms with Crippen molar-refractivity contribution in [3.63, 3.8) is 0 Å². The molecule has 1 rings (SSSR count). The molecule has 0 fully saturated rings. The smallest absolute Gasteiger partial charge is 0.490 e. The summed E-state index contributed by atoms with van der Waals surface area (Å²) in [6.45, 7) is -0.0120. The number of methoxy groups -OCH3 is 2. The lowest BCUT2D eigenvalue weighted by Crippen LogP contribution is -2.21. The quantitative estimate of drug-likeness (QED) is 0.765. The minimum absolute atomic E-state index is 0.0120. The van der Waals surface area contributed by atoms with Gasteiger partial charge in [-0.15, -0.1) is 0 Å². The second-order valence-electron chi connectivity index (χ2n) is 4.24. The number of hydrogen-bond acceptors (Lipinski definition) is 6. The van der Waals surface area contributed by atoms with Gasteiger partial charge < -0.3 is 20.3 Å². The van der Waals surface area contributed by atoms with Crippen LogP contribution >= 0.6 is 0 Å². The first-order valence-electron chi connectivity index (χ1n) is 6.33. The van der Waals surface area contributed by atoms with E-state index in [2.05, 4.69) is 4.74 Å².